The molecule has 1 fully saturated rings. The molecular weight excluding hydrogens is 140 g/mol. The Morgan fingerprint density at radius 2 is 2.55 bits per heavy atom. The number of carbonyl (C=O) groups excluding carboxylic acids is 1. The molecule has 2 aliphatic carbocycles. The maximum absolute atomic E-state index is 10.5. The van der Waals surface area contributed by atoms with Crippen LogP contribution in [0, 0.1) is 5.92 Å². The quantitative estimate of drug-likeness (QED) is 0.601. The molecule has 1 aromatic heterocycles. The molecule has 1 N–H and O–H groups in total. The summed E-state index contributed by atoms with van der Waals surface area (Å²) in [6.45, 7) is 0. The van der Waals surface area contributed by atoms with Gasteiger partial charge >= 0.3 is 0 Å². The molecule has 3 heteroatoms. The van der Waals surface area contributed by atoms with Crippen molar-refractivity contribution in [2.45, 2.75) is 18.8 Å². The van der Waals surface area contributed by atoms with Crippen LogP contribution in [-0.4, -0.2) is 16.5 Å². The van der Waals surface area contributed by atoms with Gasteiger partial charge in [-0.2, -0.15) is 5.10 Å². The van der Waals surface area contributed by atoms with E-state index in [0.29, 0.717) is 11.6 Å². The average Bonchev–Trinajstić information content (AvgIpc) is 2.55. The van der Waals surface area contributed by atoms with E-state index in [1.54, 1.807) is 0 Å². The maximum atomic E-state index is 10.5. The molecule has 1 heterocycles. The molecule has 56 valence electrons. The molecule has 3 rings (SSSR count). The predicted octanol–water partition coefficient (Wildman–Crippen LogP) is 0.882. The van der Waals surface area contributed by atoms with Crippen molar-refractivity contribution in [2.24, 2.45) is 5.92 Å². The van der Waals surface area contributed by atoms with Crippen molar-refractivity contribution >= 4 is 6.29 Å². The van der Waals surface area contributed by atoms with Crippen molar-refractivity contribution in [3.05, 3.63) is 17.0 Å². The zero-order chi connectivity index (χ0) is 7.42. The number of aldehydes is 1. The highest BCUT2D eigenvalue weighted by Crippen LogP contribution is 2.55. The standard InChI is InChI=1S/C8H8N2O/c11-3-7-6-2-4-1-5(4)8(6)10-9-7/h3-5H,1-2H2,(H,9,10)/t4-,5-/m1/s1. The summed E-state index contributed by atoms with van der Waals surface area (Å²) in [4.78, 5) is 10.5. The third kappa shape index (κ3) is 0.541. The highest BCUT2D eigenvalue weighted by molar-refractivity contribution is 5.75. The summed E-state index contributed by atoms with van der Waals surface area (Å²) in [6.07, 6.45) is 3.22. The molecule has 0 aliphatic heterocycles. The van der Waals surface area contributed by atoms with Crippen LogP contribution < -0.4 is 0 Å². The number of rotatable bonds is 1. The van der Waals surface area contributed by atoms with Crippen LogP contribution in [0.3, 0.4) is 0 Å². The molecule has 0 saturated heterocycles. The number of H-pyrrole nitrogens is 1. The summed E-state index contributed by atoms with van der Waals surface area (Å²) in [7, 11) is 0. The summed E-state index contributed by atoms with van der Waals surface area (Å²) in [5.41, 5.74) is 3.05. The Morgan fingerprint density at radius 1 is 1.64 bits per heavy atom. The van der Waals surface area contributed by atoms with E-state index in [-0.39, 0.29) is 0 Å². The number of aromatic amines is 1. The second kappa shape index (κ2) is 1.55. The van der Waals surface area contributed by atoms with Gasteiger partial charge in [0.2, 0.25) is 0 Å². The van der Waals surface area contributed by atoms with Crippen molar-refractivity contribution in [1.82, 2.24) is 10.2 Å². The van der Waals surface area contributed by atoms with E-state index < -0.39 is 0 Å². The molecule has 0 radical (unpaired) electrons. The van der Waals surface area contributed by atoms with Crippen molar-refractivity contribution in [3.8, 4) is 0 Å². The second-order valence-corrected chi connectivity index (χ2v) is 3.43. The molecule has 11 heavy (non-hydrogen) atoms. The van der Waals surface area contributed by atoms with Crippen LogP contribution in [-0.2, 0) is 6.42 Å². The fourth-order valence-electron chi connectivity index (χ4n) is 2.10. The van der Waals surface area contributed by atoms with Gasteiger partial charge in [-0.05, 0) is 18.8 Å². The molecule has 2 aliphatic rings. The minimum atomic E-state index is 0.632. The van der Waals surface area contributed by atoms with Crippen molar-refractivity contribution in [1.29, 1.82) is 0 Å². The van der Waals surface area contributed by atoms with Crippen molar-refractivity contribution < 1.29 is 4.79 Å². The van der Waals surface area contributed by atoms with Crippen LogP contribution in [0.2, 0.25) is 0 Å². The Hall–Kier alpha value is -1.12. The zero-order valence-electron chi connectivity index (χ0n) is 6.00. The van der Waals surface area contributed by atoms with E-state index in [2.05, 4.69) is 10.2 Å². The van der Waals surface area contributed by atoms with Gasteiger partial charge in [0, 0.05) is 17.2 Å². The Bertz CT molecular complexity index is 329. The smallest absolute Gasteiger partial charge is 0.170 e. The Morgan fingerprint density at radius 3 is 3.36 bits per heavy atom. The van der Waals surface area contributed by atoms with E-state index in [4.69, 9.17) is 0 Å². The minimum Gasteiger partial charge on any atom is -0.296 e. The lowest BCUT2D eigenvalue weighted by Gasteiger charge is -1.90. The van der Waals surface area contributed by atoms with Gasteiger partial charge in [0.1, 0.15) is 5.69 Å². The lowest BCUT2D eigenvalue weighted by atomic mass is 10.1. The fraction of sp³-hybridized carbons (Fsp3) is 0.500. The predicted molar refractivity (Wildman–Crippen MR) is 38.5 cm³/mol. The maximum Gasteiger partial charge on any atom is 0.170 e. The third-order valence-electron chi connectivity index (χ3n) is 2.80. The molecule has 1 aromatic rings. The van der Waals surface area contributed by atoms with Gasteiger partial charge in [-0.3, -0.25) is 9.89 Å². The van der Waals surface area contributed by atoms with Gasteiger partial charge < -0.3 is 0 Å². The third-order valence-corrected chi connectivity index (χ3v) is 2.80. The monoisotopic (exact) mass is 148 g/mol. The van der Waals surface area contributed by atoms with Crippen LogP contribution in [0.1, 0.15) is 34.1 Å². The highest BCUT2D eigenvalue weighted by atomic mass is 16.1. The fourth-order valence-corrected chi connectivity index (χ4v) is 2.10. The van der Waals surface area contributed by atoms with Gasteiger partial charge in [0.15, 0.2) is 6.29 Å². The van der Waals surface area contributed by atoms with Crippen LogP contribution in [0.5, 0.6) is 0 Å². The topological polar surface area (TPSA) is 45.8 Å². The van der Waals surface area contributed by atoms with Gasteiger partial charge in [-0.25, -0.2) is 0 Å². The Kier molecular flexibility index (Phi) is 0.776. The summed E-state index contributed by atoms with van der Waals surface area (Å²) in [6, 6.07) is 0. The first-order chi connectivity index (χ1) is 5.40. The first-order valence-corrected chi connectivity index (χ1v) is 3.92. The zero-order valence-corrected chi connectivity index (χ0v) is 6.00. The van der Waals surface area contributed by atoms with E-state index in [1.807, 2.05) is 0 Å². The number of nitrogens with one attached hydrogen (secondary N) is 1. The number of hydrogen-bond acceptors (Lipinski definition) is 2. The van der Waals surface area contributed by atoms with Crippen LogP contribution in [0.25, 0.3) is 0 Å². The molecular formula is C8H8N2O. The molecule has 3 nitrogen and oxygen atoms in total. The summed E-state index contributed by atoms with van der Waals surface area (Å²) < 4.78 is 0. The number of carbonyl (C=O) groups is 1. The summed E-state index contributed by atoms with van der Waals surface area (Å²) >= 11 is 0. The molecule has 1 saturated carbocycles. The Balaban J connectivity index is 2.19. The molecule has 2 atom stereocenters. The minimum absolute atomic E-state index is 0.632. The van der Waals surface area contributed by atoms with Gasteiger partial charge in [0.25, 0.3) is 0 Å². The Labute approximate surface area is 63.8 Å². The second-order valence-electron chi connectivity index (χ2n) is 3.43. The van der Waals surface area contributed by atoms with Gasteiger partial charge in [-0.1, -0.05) is 0 Å². The SMILES string of the molecule is O=Cc1n[nH]c2c1C[C@H]1C[C@@H]21. The molecule has 0 unspecified atom stereocenters. The molecule has 0 spiro atoms. The number of aromatic nitrogens is 2. The van der Waals surface area contributed by atoms with Crippen LogP contribution in [0.4, 0.5) is 0 Å². The highest BCUT2D eigenvalue weighted by Gasteiger charge is 2.47. The van der Waals surface area contributed by atoms with E-state index in [1.165, 1.54) is 17.7 Å². The number of nitrogens with zero attached hydrogens (tertiary/aromatic N) is 1. The molecule has 0 bridgehead atoms. The van der Waals surface area contributed by atoms with Crippen molar-refractivity contribution in [2.75, 3.05) is 0 Å². The van der Waals surface area contributed by atoms with E-state index >= 15 is 0 Å². The largest absolute Gasteiger partial charge is 0.296 e. The summed E-state index contributed by atoms with van der Waals surface area (Å²) in [5.74, 6) is 1.55. The van der Waals surface area contributed by atoms with Gasteiger partial charge in [0.05, 0.1) is 0 Å². The molecule has 0 aromatic carbocycles. The molecule has 0 amide bonds. The van der Waals surface area contributed by atoms with E-state index in [0.717, 1.165) is 18.6 Å². The van der Waals surface area contributed by atoms with Crippen LogP contribution >= 0.6 is 0 Å². The average molecular weight is 148 g/mol. The van der Waals surface area contributed by atoms with Crippen LogP contribution in [0.15, 0.2) is 0 Å². The summed E-state index contributed by atoms with van der Waals surface area (Å²) in [5, 5.41) is 6.89. The van der Waals surface area contributed by atoms with E-state index in [9.17, 15) is 4.79 Å². The number of fused-ring (bicyclic) bond motifs is 3. The normalized spacial score (nSPS) is 31.3. The first kappa shape index (κ1) is 5.52. The lowest BCUT2D eigenvalue weighted by Crippen LogP contribution is -1.88. The first-order valence-electron chi connectivity index (χ1n) is 3.92. The lowest BCUT2D eigenvalue weighted by molar-refractivity contribution is 0.111. The van der Waals surface area contributed by atoms with Crippen molar-refractivity contribution in [3.63, 3.8) is 0 Å². The number of hydrogen-bond donors (Lipinski definition) is 1. The van der Waals surface area contributed by atoms with Gasteiger partial charge in [-0.15, -0.1) is 0 Å².